The van der Waals surface area contributed by atoms with Crippen molar-refractivity contribution in [3.63, 3.8) is 0 Å². The highest BCUT2D eigenvalue weighted by Gasteiger charge is 2.09. The molecule has 2 aromatic heterocycles. The molecule has 7 heteroatoms. The van der Waals surface area contributed by atoms with Crippen molar-refractivity contribution in [3.05, 3.63) is 16.2 Å². The Labute approximate surface area is 97.6 Å². The lowest BCUT2D eigenvalue weighted by Gasteiger charge is -2.04. The summed E-state index contributed by atoms with van der Waals surface area (Å²) >= 11 is 0. The van der Waals surface area contributed by atoms with E-state index in [1.807, 2.05) is 0 Å². The quantitative estimate of drug-likeness (QED) is 0.582. The van der Waals surface area contributed by atoms with Gasteiger partial charge in [-0.25, -0.2) is 4.98 Å². The first-order valence-electron chi connectivity index (χ1n) is 5.54. The number of imidazole rings is 1. The molecule has 17 heavy (non-hydrogen) atoms. The Morgan fingerprint density at radius 1 is 1.35 bits per heavy atom. The van der Waals surface area contributed by atoms with Crippen LogP contribution in [0.2, 0.25) is 0 Å². The van der Waals surface area contributed by atoms with Crippen LogP contribution in [0.15, 0.2) is 4.79 Å². The zero-order valence-electron chi connectivity index (χ0n) is 9.66. The fourth-order valence-corrected chi connectivity index (χ4v) is 1.59. The Kier molecular flexibility index (Phi) is 3.10. The molecular weight excluding hydrogens is 220 g/mol. The smallest absolute Gasteiger partial charge is 0.278 e. The summed E-state index contributed by atoms with van der Waals surface area (Å²) in [4.78, 5) is 25.1. The maximum atomic E-state index is 11.5. The second-order valence-electron chi connectivity index (χ2n) is 4.21. The number of fused-ring (bicyclic) bond motifs is 1. The van der Waals surface area contributed by atoms with Gasteiger partial charge in [0.25, 0.3) is 5.56 Å². The lowest BCUT2D eigenvalue weighted by Crippen LogP contribution is -2.11. The first-order chi connectivity index (χ1) is 8.10. The van der Waals surface area contributed by atoms with Crippen LogP contribution in [0.25, 0.3) is 11.2 Å². The van der Waals surface area contributed by atoms with Gasteiger partial charge in [-0.15, -0.1) is 0 Å². The maximum Gasteiger partial charge on any atom is 0.278 e. The Balaban J connectivity index is 2.26. The van der Waals surface area contributed by atoms with Crippen LogP contribution in [0.5, 0.6) is 0 Å². The number of anilines is 1. The number of nitrogen functional groups attached to an aromatic ring is 1. The second kappa shape index (κ2) is 4.54. The fourth-order valence-electron chi connectivity index (χ4n) is 1.59. The fraction of sp³-hybridized carbons (Fsp3) is 0.500. The minimum absolute atomic E-state index is 0.0795. The molecule has 7 nitrogen and oxygen atoms in total. The van der Waals surface area contributed by atoms with Gasteiger partial charge in [0.15, 0.2) is 11.2 Å². The molecule has 2 aromatic rings. The molecule has 2 rings (SSSR count). The molecule has 0 aromatic carbocycles. The largest absolute Gasteiger partial charge is 0.369 e. The van der Waals surface area contributed by atoms with Crippen LogP contribution in [0.3, 0.4) is 0 Å². The molecule has 0 aliphatic carbocycles. The van der Waals surface area contributed by atoms with Crippen LogP contribution in [0.1, 0.15) is 19.2 Å². The SMILES string of the molecule is CC(CN)CCc1nc2nc(N)[nH]c(=O)c2[nH]1. The van der Waals surface area contributed by atoms with E-state index in [-0.39, 0.29) is 11.5 Å². The normalized spacial score (nSPS) is 13.1. The molecule has 0 saturated heterocycles. The van der Waals surface area contributed by atoms with Crippen LogP contribution in [0, 0.1) is 5.92 Å². The van der Waals surface area contributed by atoms with Gasteiger partial charge in [-0.1, -0.05) is 6.92 Å². The van der Waals surface area contributed by atoms with Gasteiger partial charge in [0.1, 0.15) is 5.82 Å². The van der Waals surface area contributed by atoms with Crippen molar-refractivity contribution < 1.29 is 0 Å². The van der Waals surface area contributed by atoms with E-state index < -0.39 is 0 Å². The summed E-state index contributed by atoms with van der Waals surface area (Å²) in [6.45, 7) is 2.72. The van der Waals surface area contributed by atoms with Crippen LogP contribution in [0.4, 0.5) is 5.95 Å². The van der Waals surface area contributed by atoms with Crippen LogP contribution in [-0.2, 0) is 6.42 Å². The zero-order valence-corrected chi connectivity index (χ0v) is 9.66. The summed E-state index contributed by atoms with van der Waals surface area (Å²) < 4.78 is 0. The second-order valence-corrected chi connectivity index (χ2v) is 4.21. The average molecular weight is 236 g/mol. The minimum Gasteiger partial charge on any atom is -0.369 e. The van der Waals surface area contributed by atoms with Crippen molar-refractivity contribution in [2.45, 2.75) is 19.8 Å². The lowest BCUT2D eigenvalue weighted by atomic mass is 10.1. The summed E-state index contributed by atoms with van der Waals surface area (Å²) in [5, 5.41) is 0. The van der Waals surface area contributed by atoms with E-state index in [1.54, 1.807) is 0 Å². The lowest BCUT2D eigenvalue weighted by molar-refractivity contribution is 0.538. The van der Waals surface area contributed by atoms with E-state index in [1.165, 1.54) is 0 Å². The van der Waals surface area contributed by atoms with Gasteiger partial charge in [-0.2, -0.15) is 4.98 Å². The summed E-state index contributed by atoms with van der Waals surface area (Å²) in [5.41, 5.74) is 11.4. The topological polar surface area (TPSA) is 126 Å². The Morgan fingerprint density at radius 2 is 2.12 bits per heavy atom. The maximum absolute atomic E-state index is 11.5. The predicted molar refractivity (Wildman–Crippen MR) is 65.5 cm³/mol. The van der Waals surface area contributed by atoms with Crippen molar-refractivity contribution in [2.24, 2.45) is 11.7 Å². The average Bonchev–Trinajstić information content (AvgIpc) is 2.69. The van der Waals surface area contributed by atoms with Gasteiger partial charge < -0.3 is 16.5 Å². The van der Waals surface area contributed by atoms with Crippen molar-refractivity contribution in [1.82, 2.24) is 19.9 Å². The standard InChI is InChI=1S/C10H16N6O/c1-5(4-11)2-3-6-13-7-8(14-6)15-10(12)16-9(7)17/h5H,2-4,11H2,1H3,(H4,12,13,14,15,16,17). The first-order valence-corrected chi connectivity index (χ1v) is 5.54. The molecule has 1 atom stereocenters. The molecule has 0 aliphatic rings. The number of hydrogen-bond donors (Lipinski definition) is 4. The zero-order chi connectivity index (χ0) is 12.4. The van der Waals surface area contributed by atoms with E-state index >= 15 is 0 Å². The molecular formula is C10H16N6O. The Morgan fingerprint density at radius 3 is 2.82 bits per heavy atom. The third kappa shape index (κ3) is 2.44. The molecule has 0 saturated carbocycles. The predicted octanol–water partition coefficient (Wildman–Crippen LogP) is -0.244. The highest BCUT2D eigenvalue weighted by molar-refractivity contribution is 5.70. The van der Waals surface area contributed by atoms with Crippen LogP contribution < -0.4 is 17.0 Å². The molecule has 92 valence electrons. The molecule has 0 spiro atoms. The molecule has 6 N–H and O–H groups in total. The van der Waals surface area contributed by atoms with Gasteiger partial charge in [0.2, 0.25) is 5.95 Å². The van der Waals surface area contributed by atoms with Crippen LogP contribution >= 0.6 is 0 Å². The number of aryl methyl sites for hydroxylation is 1. The molecule has 1 unspecified atom stereocenters. The van der Waals surface area contributed by atoms with E-state index in [9.17, 15) is 4.79 Å². The van der Waals surface area contributed by atoms with E-state index in [2.05, 4.69) is 26.9 Å². The van der Waals surface area contributed by atoms with E-state index in [0.717, 1.165) is 18.7 Å². The molecule has 2 heterocycles. The van der Waals surface area contributed by atoms with Gasteiger partial charge in [0, 0.05) is 6.42 Å². The number of rotatable bonds is 4. The summed E-state index contributed by atoms with van der Waals surface area (Å²) in [6, 6.07) is 0. The number of nitrogens with two attached hydrogens (primary N) is 2. The highest BCUT2D eigenvalue weighted by Crippen LogP contribution is 2.09. The number of aromatic amines is 2. The van der Waals surface area contributed by atoms with Crippen molar-refractivity contribution in [3.8, 4) is 0 Å². The third-order valence-electron chi connectivity index (χ3n) is 2.71. The summed E-state index contributed by atoms with van der Waals surface area (Å²) in [6.07, 6.45) is 1.66. The third-order valence-corrected chi connectivity index (χ3v) is 2.71. The van der Waals surface area contributed by atoms with Crippen molar-refractivity contribution in [1.29, 1.82) is 0 Å². The van der Waals surface area contributed by atoms with Gasteiger partial charge in [-0.05, 0) is 18.9 Å². The molecule has 0 aliphatic heterocycles. The molecule has 0 amide bonds. The summed E-state index contributed by atoms with van der Waals surface area (Å²) in [5.74, 6) is 1.25. The first kappa shape index (κ1) is 11.6. The van der Waals surface area contributed by atoms with Gasteiger partial charge in [0.05, 0.1) is 0 Å². The highest BCUT2D eigenvalue weighted by atomic mass is 16.1. The van der Waals surface area contributed by atoms with Gasteiger partial charge >= 0.3 is 0 Å². The molecule has 0 radical (unpaired) electrons. The minimum atomic E-state index is -0.293. The number of nitrogens with one attached hydrogen (secondary N) is 2. The van der Waals surface area contributed by atoms with Crippen LogP contribution in [-0.4, -0.2) is 26.5 Å². The van der Waals surface area contributed by atoms with Crippen molar-refractivity contribution in [2.75, 3.05) is 12.3 Å². The van der Waals surface area contributed by atoms with E-state index in [0.29, 0.717) is 23.6 Å². The van der Waals surface area contributed by atoms with Crippen molar-refractivity contribution >= 4 is 17.1 Å². The van der Waals surface area contributed by atoms with Gasteiger partial charge in [-0.3, -0.25) is 9.78 Å². The van der Waals surface area contributed by atoms with E-state index in [4.69, 9.17) is 11.5 Å². The number of hydrogen-bond acceptors (Lipinski definition) is 5. The number of H-pyrrole nitrogens is 2. The number of aromatic nitrogens is 4. The molecule has 0 bridgehead atoms. The Bertz CT molecular complexity index is 572. The summed E-state index contributed by atoms with van der Waals surface area (Å²) in [7, 11) is 0. The monoisotopic (exact) mass is 236 g/mol. The Hall–Kier alpha value is -1.89. The molecule has 0 fully saturated rings. The number of nitrogens with zero attached hydrogens (tertiary/aromatic N) is 2.